The van der Waals surface area contributed by atoms with E-state index in [1.807, 2.05) is 25.3 Å². The lowest BCUT2D eigenvalue weighted by atomic mass is 9.94. The lowest BCUT2D eigenvalue weighted by Gasteiger charge is -2.13. The van der Waals surface area contributed by atoms with E-state index in [-0.39, 0.29) is 0 Å². The summed E-state index contributed by atoms with van der Waals surface area (Å²) in [6, 6.07) is 17.0. The van der Waals surface area contributed by atoms with Crippen molar-refractivity contribution in [2.45, 2.75) is 13.8 Å². The third-order valence-electron chi connectivity index (χ3n) is 4.53. The zero-order valence-electron chi connectivity index (χ0n) is 13.9. The number of rotatable bonds is 2. The van der Waals surface area contributed by atoms with E-state index in [0.29, 0.717) is 0 Å². The zero-order chi connectivity index (χ0) is 16.7. The van der Waals surface area contributed by atoms with Gasteiger partial charge in [0.2, 0.25) is 0 Å². The molecule has 0 amide bonds. The summed E-state index contributed by atoms with van der Waals surface area (Å²) >= 11 is 0. The fourth-order valence-corrected chi connectivity index (χ4v) is 3.32. The average molecular weight is 310 g/mol. The van der Waals surface area contributed by atoms with E-state index in [4.69, 9.17) is 4.98 Å². The van der Waals surface area contributed by atoms with Crippen LogP contribution in [0.3, 0.4) is 0 Å². The second kappa shape index (κ2) is 5.57. The topological polar surface area (TPSA) is 25.8 Å². The van der Waals surface area contributed by atoms with Gasteiger partial charge in [-0.1, -0.05) is 55.1 Å². The molecule has 1 aromatic heterocycles. The Bertz CT molecular complexity index is 1080. The van der Waals surface area contributed by atoms with Gasteiger partial charge in [-0.3, -0.25) is 4.98 Å². The van der Waals surface area contributed by atoms with Crippen LogP contribution in [0.25, 0.3) is 39.0 Å². The Morgan fingerprint density at radius 2 is 1.67 bits per heavy atom. The van der Waals surface area contributed by atoms with E-state index in [2.05, 4.69) is 61.0 Å². The number of hydrogen-bond donors (Lipinski definition) is 0. The molecule has 1 heterocycles. The summed E-state index contributed by atoms with van der Waals surface area (Å²) in [6.45, 7) is 8.10. The monoisotopic (exact) mass is 310 g/mol. The average Bonchev–Trinajstić information content (AvgIpc) is 2.62. The van der Waals surface area contributed by atoms with Gasteiger partial charge in [-0.2, -0.15) is 0 Å². The summed E-state index contributed by atoms with van der Waals surface area (Å²) in [7, 11) is 0. The van der Waals surface area contributed by atoms with Gasteiger partial charge in [0.15, 0.2) is 0 Å². The Morgan fingerprint density at radius 1 is 0.875 bits per heavy atom. The van der Waals surface area contributed by atoms with E-state index in [0.717, 1.165) is 33.2 Å². The summed E-state index contributed by atoms with van der Waals surface area (Å²) in [5.74, 6) is 0. The van der Waals surface area contributed by atoms with Gasteiger partial charge in [-0.25, -0.2) is 4.98 Å². The lowest BCUT2D eigenvalue weighted by molar-refractivity contribution is 1.18. The quantitative estimate of drug-likeness (QED) is 0.443. The van der Waals surface area contributed by atoms with E-state index in [1.165, 1.54) is 16.5 Å². The van der Waals surface area contributed by atoms with Crippen LogP contribution < -0.4 is 0 Å². The minimum absolute atomic E-state index is 0.932. The molecule has 0 bridgehead atoms. The first-order chi connectivity index (χ1) is 11.7. The molecule has 0 spiro atoms. The van der Waals surface area contributed by atoms with Crippen LogP contribution >= 0.6 is 0 Å². The minimum Gasteiger partial charge on any atom is -0.252 e. The van der Waals surface area contributed by atoms with Gasteiger partial charge in [-0.15, -0.1) is 0 Å². The number of hydrogen-bond acceptors (Lipinski definition) is 2. The summed E-state index contributed by atoms with van der Waals surface area (Å²) in [4.78, 5) is 9.35. The van der Waals surface area contributed by atoms with Crippen molar-refractivity contribution in [3.63, 3.8) is 0 Å². The van der Waals surface area contributed by atoms with E-state index in [9.17, 15) is 0 Å². The number of fused-ring (bicyclic) bond motifs is 3. The molecule has 0 aliphatic heterocycles. The number of benzene rings is 3. The summed E-state index contributed by atoms with van der Waals surface area (Å²) < 4.78 is 0. The zero-order valence-corrected chi connectivity index (χ0v) is 13.9. The van der Waals surface area contributed by atoms with Gasteiger partial charge in [0, 0.05) is 11.6 Å². The molecular formula is C22H18N2. The highest BCUT2D eigenvalue weighted by Gasteiger charge is 2.13. The Hall–Kier alpha value is -3.00. The van der Waals surface area contributed by atoms with Crippen LogP contribution in [-0.2, 0) is 0 Å². The van der Waals surface area contributed by atoms with Crippen molar-refractivity contribution in [1.29, 1.82) is 0 Å². The molecule has 4 rings (SSSR count). The third-order valence-corrected chi connectivity index (χ3v) is 4.53. The SMILES string of the molecule is C=Cc1c(C)c2ncc(C)nc2c2ccc(-c3ccccc3)cc12. The molecule has 0 saturated heterocycles. The Morgan fingerprint density at radius 3 is 2.42 bits per heavy atom. The molecule has 0 radical (unpaired) electrons. The molecule has 2 heteroatoms. The van der Waals surface area contributed by atoms with Gasteiger partial charge in [0.1, 0.15) is 0 Å². The number of aromatic nitrogens is 2. The largest absolute Gasteiger partial charge is 0.252 e. The Kier molecular flexibility index (Phi) is 3.39. The standard InChI is InChI=1S/C22H18N2/c1-4-18-15(3)21-22(24-14(2)13-23-21)19-11-10-17(12-20(18)19)16-8-6-5-7-9-16/h4-13H,1H2,2-3H3. The molecule has 24 heavy (non-hydrogen) atoms. The van der Waals surface area contributed by atoms with Crippen LogP contribution in [0.1, 0.15) is 16.8 Å². The second-order valence-corrected chi connectivity index (χ2v) is 6.08. The van der Waals surface area contributed by atoms with Crippen molar-refractivity contribution in [2.24, 2.45) is 0 Å². The second-order valence-electron chi connectivity index (χ2n) is 6.08. The summed E-state index contributed by atoms with van der Waals surface area (Å²) in [5, 5.41) is 2.30. The molecule has 0 N–H and O–H groups in total. The van der Waals surface area contributed by atoms with E-state index >= 15 is 0 Å². The van der Waals surface area contributed by atoms with Crippen molar-refractivity contribution in [2.75, 3.05) is 0 Å². The van der Waals surface area contributed by atoms with Crippen LogP contribution in [0, 0.1) is 13.8 Å². The maximum Gasteiger partial charge on any atom is 0.0971 e. The first-order valence-electron chi connectivity index (χ1n) is 8.06. The van der Waals surface area contributed by atoms with Crippen molar-refractivity contribution >= 4 is 27.9 Å². The molecular weight excluding hydrogens is 292 g/mol. The first-order valence-corrected chi connectivity index (χ1v) is 8.06. The van der Waals surface area contributed by atoms with Gasteiger partial charge in [-0.05, 0) is 47.6 Å². The molecule has 2 nitrogen and oxygen atoms in total. The molecule has 0 atom stereocenters. The molecule has 0 aliphatic rings. The predicted molar refractivity (Wildman–Crippen MR) is 102 cm³/mol. The minimum atomic E-state index is 0.932. The molecule has 116 valence electrons. The number of aryl methyl sites for hydroxylation is 2. The van der Waals surface area contributed by atoms with Crippen LogP contribution in [0.2, 0.25) is 0 Å². The fraction of sp³-hybridized carbons (Fsp3) is 0.0909. The predicted octanol–water partition coefficient (Wildman–Crippen LogP) is 5.71. The summed E-state index contributed by atoms with van der Waals surface area (Å²) in [6.07, 6.45) is 3.75. The van der Waals surface area contributed by atoms with Crippen LogP contribution in [0.5, 0.6) is 0 Å². The van der Waals surface area contributed by atoms with Gasteiger partial charge < -0.3 is 0 Å². The molecule has 0 aliphatic carbocycles. The molecule has 0 fully saturated rings. The highest BCUT2D eigenvalue weighted by molar-refractivity contribution is 6.10. The van der Waals surface area contributed by atoms with Crippen molar-refractivity contribution in [3.8, 4) is 11.1 Å². The Labute approximate surface area is 141 Å². The first kappa shape index (κ1) is 14.6. The van der Waals surface area contributed by atoms with Crippen LogP contribution in [-0.4, -0.2) is 9.97 Å². The fourth-order valence-electron chi connectivity index (χ4n) is 3.32. The molecule has 0 saturated carbocycles. The van der Waals surface area contributed by atoms with Crippen LogP contribution in [0.15, 0.2) is 61.3 Å². The van der Waals surface area contributed by atoms with Crippen molar-refractivity contribution in [1.82, 2.24) is 9.97 Å². The van der Waals surface area contributed by atoms with Gasteiger partial charge >= 0.3 is 0 Å². The Balaban J connectivity index is 2.13. The van der Waals surface area contributed by atoms with Gasteiger partial charge in [0.25, 0.3) is 0 Å². The maximum absolute atomic E-state index is 4.75. The molecule has 4 aromatic rings. The van der Waals surface area contributed by atoms with E-state index < -0.39 is 0 Å². The van der Waals surface area contributed by atoms with Gasteiger partial charge in [0.05, 0.1) is 16.7 Å². The van der Waals surface area contributed by atoms with Crippen molar-refractivity contribution < 1.29 is 0 Å². The highest BCUT2D eigenvalue weighted by atomic mass is 14.8. The lowest BCUT2D eigenvalue weighted by Crippen LogP contribution is -1.95. The van der Waals surface area contributed by atoms with Crippen LogP contribution in [0.4, 0.5) is 0 Å². The highest BCUT2D eigenvalue weighted by Crippen LogP contribution is 2.34. The molecule has 3 aromatic carbocycles. The van der Waals surface area contributed by atoms with Crippen molar-refractivity contribution in [3.05, 3.63) is 78.1 Å². The normalized spacial score (nSPS) is 11.1. The smallest absolute Gasteiger partial charge is 0.0971 e. The molecule has 0 unspecified atom stereocenters. The third kappa shape index (κ3) is 2.19. The number of nitrogens with zero attached hydrogens (tertiary/aromatic N) is 2. The maximum atomic E-state index is 4.75. The summed E-state index contributed by atoms with van der Waals surface area (Å²) in [5.41, 5.74) is 7.52. The van der Waals surface area contributed by atoms with E-state index in [1.54, 1.807) is 0 Å².